The van der Waals surface area contributed by atoms with Gasteiger partial charge in [0.15, 0.2) is 5.96 Å². The highest BCUT2D eigenvalue weighted by atomic mass is 16.3. The fourth-order valence-electron chi connectivity index (χ4n) is 3.85. The van der Waals surface area contributed by atoms with Crippen molar-refractivity contribution in [2.45, 2.75) is 45.3 Å². The lowest BCUT2D eigenvalue weighted by atomic mass is 10.1. The van der Waals surface area contributed by atoms with Crippen LogP contribution in [0.2, 0.25) is 0 Å². The van der Waals surface area contributed by atoms with E-state index in [1.54, 1.807) is 6.26 Å². The minimum absolute atomic E-state index is 0.151. The summed E-state index contributed by atoms with van der Waals surface area (Å²) in [4.78, 5) is 9.49. The monoisotopic (exact) mass is 411 g/mol. The van der Waals surface area contributed by atoms with Crippen LogP contribution in [-0.4, -0.2) is 56.0 Å². The van der Waals surface area contributed by atoms with Crippen LogP contribution in [0.25, 0.3) is 0 Å². The lowest BCUT2D eigenvalue weighted by Crippen LogP contribution is -2.41. The zero-order valence-corrected chi connectivity index (χ0v) is 18.7. The SMILES string of the molecule is CCNC(=NCc1ccc(CN2CCCCC2)cc1)NCC(c1ccco1)N(C)C. The summed E-state index contributed by atoms with van der Waals surface area (Å²) in [6.07, 6.45) is 5.77. The minimum atomic E-state index is 0.151. The number of furan rings is 1. The largest absolute Gasteiger partial charge is 0.468 e. The van der Waals surface area contributed by atoms with E-state index >= 15 is 0 Å². The highest BCUT2D eigenvalue weighted by Gasteiger charge is 2.17. The molecule has 1 aromatic heterocycles. The molecule has 1 aliphatic heterocycles. The maximum absolute atomic E-state index is 5.60. The van der Waals surface area contributed by atoms with Crippen molar-refractivity contribution < 1.29 is 4.42 Å². The highest BCUT2D eigenvalue weighted by Crippen LogP contribution is 2.17. The van der Waals surface area contributed by atoms with Gasteiger partial charge in [-0.3, -0.25) is 9.80 Å². The standard InChI is InChI=1S/C24H37N5O/c1-4-25-24(27-18-22(28(2)3)23-9-8-16-30-23)26-17-20-10-12-21(13-11-20)19-29-14-6-5-7-15-29/h8-13,16,22H,4-7,14-15,17-19H2,1-3H3,(H2,25,26,27). The Kier molecular flexibility index (Phi) is 8.78. The normalized spacial score (nSPS) is 16.6. The van der Waals surface area contributed by atoms with E-state index < -0.39 is 0 Å². The first-order valence-electron chi connectivity index (χ1n) is 11.2. The summed E-state index contributed by atoms with van der Waals surface area (Å²) in [6.45, 7) is 7.82. The average molecular weight is 412 g/mol. The molecule has 1 atom stereocenters. The minimum Gasteiger partial charge on any atom is -0.468 e. The molecule has 1 fully saturated rings. The van der Waals surface area contributed by atoms with Crippen molar-refractivity contribution in [3.05, 3.63) is 59.5 Å². The third kappa shape index (κ3) is 6.89. The van der Waals surface area contributed by atoms with Gasteiger partial charge in [0.1, 0.15) is 5.76 Å². The summed E-state index contributed by atoms with van der Waals surface area (Å²) in [5.74, 6) is 1.78. The van der Waals surface area contributed by atoms with E-state index in [0.717, 1.165) is 31.4 Å². The zero-order valence-electron chi connectivity index (χ0n) is 18.7. The number of nitrogens with one attached hydrogen (secondary N) is 2. The van der Waals surface area contributed by atoms with Crippen LogP contribution < -0.4 is 10.6 Å². The fourth-order valence-corrected chi connectivity index (χ4v) is 3.85. The van der Waals surface area contributed by atoms with Crippen molar-refractivity contribution in [2.24, 2.45) is 4.99 Å². The molecule has 164 valence electrons. The Morgan fingerprint density at radius 2 is 1.80 bits per heavy atom. The van der Waals surface area contributed by atoms with Crippen LogP contribution in [0.5, 0.6) is 0 Å². The molecule has 0 bridgehead atoms. The number of piperidine rings is 1. The van der Waals surface area contributed by atoms with Gasteiger partial charge in [0, 0.05) is 19.6 Å². The maximum atomic E-state index is 5.60. The van der Waals surface area contributed by atoms with Gasteiger partial charge in [0.25, 0.3) is 0 Å². The number of hydrogen-bond donors (Lipinski definition) is 2. The van der Waals surface area contributed by atoms with Crippen molar-refractivity contribution >= 4 is 5.96 Å². The Balaban J connectivity index is 1.54. The summed E-state index contributed by atoms with van der Waals surface area (Å²) in [5, 5.41) is 6.80. The number of guanidine groups is 1. The molecule has 2 N–H and O–H groups in total. The van der Waals surface area contributed by atoms with E-state index in [9.17, 15) is 0 Å². The number of likely N-dealkylation sites (N-methyl/N-ethyl adjacent to an activating group) is 1. The summed E-state index contributed by atoms with van der Waals surface area (Å²) >= 11 is 0. The molecule has 0 spiro atoms. The Bertz CT molecular complexity index is 748. The van der Waals surface area contributed by atoms with Gasteiger partial charge in [-0.05, 0) is 70.2 Å². The van der Waals surface area contributed by atoms with Crippen LogP contribution in [0.3, 0.4) is 0 Å². The molecule has 2 heterocycles. The molecular weight excluding hydrogens is 374 g/mol. The van der Waals surface area contributed by atoms with Gasteiger partial charge < -0.3 is 15.1 Å². The number of nitrogens with zero attached hydrogens (tertiary/aromatic N) is 3. The molecule has 1 unspecified atom stereocenters. The van der Waals surface area contributed by atoms with E-state index in [1.165, 1.54) is 43.5 Å². The Morgan fingerprint density at radius 3 is 2.43 bits per heavy atom. The van der Waals surface area contributed by atoms with Crippen molar-refractivity contribution in [2.75, 3.05) is 40.3 Å². The first kappa shape index (κ1) is 22.4. The van der Waals surface area contributed by atoms with Crippen LogP contribution in [0.15, 0.2) is 52.1 Å². The number of aliphatic imine (C=N–C) groups is 1. The third-order valence-electron chi connectivity index (χ3n) is 5.60. The summed E-state index contributed by atoms with van der Waals surface area (Å²) in [7, 11) is 4.12. The Morgan fingerprint density at radius 1 is 1.07 bits per heavy atom. The molecule has 2 aromatic rings. The van der Waals surface area contributed by atoms with Gasteiger partial charge in [-0.2, -0.15) is 0 Å². The second-order valence-corrected chi connectivity index (χ2v) is 8.22. The second kappa shape index (κ2) is 11.8. The number of rotatable bonds is 9. The van der Waals surface area contributed by atoms with Gasteiger partial charge in [-0.15, -0.1) is 0 Å². The molecule has 6 nitrogen and oxygen atoms in total. The van der Waals surface area contributed by atoms with Crippen molar-refractivity contribution in [3.63, 3.8) is 0 Å². The van der Waals surface area contributed by atoms with Gasteiger partial charge in [0.2, 0.25) is 0 Å². The molecule has 0 radical (unpaired) electrons. The molecule has 0 amide bonds. The van der Waals surface area contributed by atoms with Crippen molar-refractivity contribution in [1.29, 1.82) is 0 Å². The van der Waals surface area contributed by atoms with Crippen LogP contribution in [0, 0.1) is 0 Å². The molecule has 0 aliphatic carbocycles. The van der Waals surface area contributed by atoms with E-state index in [1.807, 2.05) is 12.1 Å². The first-order valence-corrected chi connectivity index (χ1v) is 11.2. The van der Waals surface area contributed by atoms with Crippen molar-refractivity contribution in [1.82, 2.24) is 20.4 Å². The van der Waals surface area contributed by atoms with E-state index in [-0.39, 0.29) is 6.04 Å². The number of likely N-dealkylation sites (tertiary alicyclic amines) is 1. The second-order valence-electron chi connectivity index (χ2n) is 8.22. The Labute approximate surface area is 181 Å². The van der Waals surface area contributed by atoms with E-state index in [2.05, 4.69) is 65.7 Å². The predicted molar refractivity (Wildman–Crippen MR) is 124 cm³/mol. The Hall–Kier alpha value is -2.31. The molecule has 1 saturated heterocycles. The average Bonchev–Trinajstić information content (AvgIpc) is 3.28. The van der Waals surface area contributed by atoms with Crippen LogP contribution in [0.4, 0.5) is 0 Å². The lowest BCUT2D eigenvalue weighted by molar-refractivity contribution is 0.221. The van der Waals surface area contributed by atoms with E-state index in [0.29, 0.717) is 6.54 Å². The zero-order chi connectivity index (χ0) is 21.2. The van der Waals surface area contributed by atoms with Gasteiger partial charge in [-0.25, -0.2) is 4.99 Å². The fraction of sp³-hybridized carbons (Fsp3) is 0.542. The van der Waals surface area contributed by atoms with Crippen LogP contribution in [-0.2, 0) is 13.1 Å². The van der Waals surface area contributed by atoms with Crippen LogP contribution >= 0.6 is 0 Å². The summed E-state index contributed by atoms with van der Waals surface area (Å²) in [6, 6.07) is 13.0. The molecule has 1 aromatic carbocycles. The van der Waals surface area contributed by atoms with Gasteiger partial charge >= 0.3 is 0 Å². The summed E-state index contributed by atoms with van der Waals surface area (Å²) in [5.41, 5.74) is 2.62. The first-order chi connectivity index (χ1) is 14.7. The van der Waals surface area contributed by atoms with Gasteiger partial charge in [-0.1, -0.05) is 30.7 Å². The molecule has 30 heavy (non-hydrogen) atoms. The maximum Gasteiger partial charge on any atom is 0.191 e. The quantitative estimate of drug-likeness (QED) is 0.488. The number of benzene rings is 1. The van der Waals surface area contributed by atoms with Crippen LogP contribution in [0.1, 0.15) is 49.1 Å². The number of hydrogen-bond acceptors (Lipinski definition) is 4. The molecule has 6 heteroatoms. The smallest absolute Gasteiger partial charge is 0.191 e. The molecular formula is C24H37N5O. The van der Waals surface area contributed by atoms with Crippen molar-refractivity contribution in [3.8, 4) is 0 Å². The van der Waals surface area contributed by atoms with Gasteiger partial charge in [0.05, 0.1) is 18.8 Å². The molecule has 1 aliphatic rings. The molecule has 3 rings (SSSR count). The lowest BCUT2D eigenvalue weighted by Gasteiger charge is -2.26. The highest BCUT2D eigenvalue weighted by molar-refractivity contribution is 5.79. The topological polar surface area (TPSA) is 56.0 Å². The predicted octanol–water partition coefficient (Wildman–Crippen LogP) is 3.62. The third-order valence-corrected chi connectivity index (χ3v) is 5.60. The molecule has 0 saturated carbocycles. The summed E-state index contributed by atoms with van der Waals surface area (Å²) < 4.78 is 5.60. The van der Waals surface area contributed by atoms with E-state index in [4.69, 9.17) is 9.41 Å².